The van der Waals surface area contributed by atoms with Gasteiger partial charge < -0.3 is 4.74 Å². The van der Waals surface area contributed by atoms with Gasteiger partial charge in [-0.3, -0.25) is 4.79 Å². The highest BCUT2D eigenvalue weighted by molar-refractivity contribution is 5.79. The minimum absolute atomic E-state index is 0.657. The van der Waals surface area contributed by atoms with E-state index in [1.54, 1.807) is 7.11 Å². The van der Waals surface area contributed by atoms with Crippen LogP contribution >= 0.6 is 0 Å². The number of carbonyl (C=O) groups excluding carboxylic acids is 1. The lowest BCUT2D eigenvalue weighted by Crippen LogP contribution is -2.00. The summed E-state index contributed by atoms with van der Waals surface area (Å²) in [5.41, 5.74) is 2.90. The van der Waals surface area contributed by atoms with Gasteiger partial charge in [0.2, 0.25) is 0 Å². The van der Waals surface area contributed by atoms with Crippen LogP contribution in [0.3, 0.4) is 0 Å². The molecule has 13 heavy (non-hydrogen) atoms. The fourth-order valence-electron chi connectivity index (χ4n) is 1.34. The van der Waals surface area contributed by atoms with Crippen LogP contribution in [-0.4, -0.2) is 20.0 Å². The summed E-state index contributed by atoms with van der Waals surface area (Å²) in [5, 5.41) is 0. The Hall–Kier alpha value is -1.15. The van der Waals surface area contributed by atoms with Crippen LogP contribution in [0, 0.1) is 6.92 Å². The van der Waals surface area contributed by atoms with Gasteiger partial charge in [-0.25, -0.2) is 0 Å². The molecule has 0 saturated carbocycles. The van der Waals surface area contributed by atoms with E-state index < -0.39 is 0 Å². The summed E-state index contributed by atoms with van der Waals surface area (Å²) >= 11 is 0. The highest BCUT2D eigenvalue weighted by atomic mass is 16.5. The second-order valence-corrected chi connectivity index (χ2v) is 3.01. The Balaban J connectivity index is 2.91. The number of aldehydes is 1. The molecule has 0 atom stereocenters. The van der Waals surface area contributed by atoms with Crippen molar-refractivity contribution < 1.29 is 9.53 Å². The third kappa shape index (κ3) is 2.39. The van der Waals surface area contributed by atoms with E-state index in [1.807, 2.05) is 25.1 Å². The summed E-state index contributed by atoms with van der Waals surface area (Å²) in [6.45, 7) is 2.60. The predicted molar refractivity (Wildman–Crippen MR) is 52.1 cm³/mol. The monoisotopic (exact) mass is 178 g/mol. The van der Waals surface area contributed by atoms with Gasteiger partial charge in [-0.15, -0.1) is 0 Å². The molecule has 0 heterocycles. The Morgan fingerprint density at radius 3 is 2.85 bits per heavy atom. The molecule has 1 aromatic carbocycles. The second-order valence-electron chi connectivity index (χ2n) is 3.01. The van der Waals surface area contributed by atoms with Crippen LogP contribution in [0.2, 0.25) is 0 Å². The molecule has 0 aliphatic heterocycles. The average molecular weight is 178 g/mol. The van der Waals surface area contributed by atoms with Crippen LogP contribution in [0.5, 0.6) is 0 Å². The van der Waals surface area contributed by atoms with E-state index in [-0.39, 0.29) is 0 Å². The lowest BCUT2D eigenvalue weighted by Gasteiger charge is -2.06. The van der Waals surface area contributed by atoms with E-state index in [4.69, 9.17) is 4.74 Å². The van der Waals surface area contributed by atoms with Gasteiger partial charge in [0, 0.05) is 12.7 Å². The summed E-state index contributed by atoms with van der Waals surface area (Å²) < 4.78 is 4.97. The standard InChI is InChI=1S/C11H14O2/c1-9-4-3-5-10(6-7-13-2)11(9)8-12/h3-5,8H,6-7H2,1-2H3. The summed E-state index contributed by atoms with van der Waals surface area (Å²) in [4.78, 5) is 10.8. The fourth-order valence-corrected chi connectivity index (χ4v) is 1.34. The molecule has 1 aromatic rings. The minimum atomic E-state index is 0.657. The normalized spacial score (nSPS) is 10.0. The molecule has 2 heteroatoms. The third-order valence-corrected chi connectivity index (χ3v) is 2.11. The number of carbonyl (C=O) groups is 1. The maximum atomic E-state index is 10.8. The van der Waals surface area contributed by atoms with Gasteiger partial charge in [0.15, 0.2) is 6.29 Å². The number of ether oxygens (including phenoxy) is 1. The van der Waals surface area contributed by atoms with Crippen molar-refractivity contribution in [2.75, 3.05) is 13.7 Å². The van der Waals surface area contributed by atoms with Crippen LogP contribution in [-0.2, 0) is 11.2 Å². The van der Waals surface area contributed by atoms with Gasteiger partial charge in [0.25, 0.3) is 0 Å². The lowest BCUT2D eigenvalue weighted by atomic mass is 10.0. The molecule has 70 valence electrons. The highest BCUT2D eigenvalue weighted by Gasteiger charge is 2.03. The predicted octanol–water partition coefficient (Wildman–Crippen LogP) is 2.00. The van der Waals surface area contributed by atoms with Crippen molar-refractivity contribution in [1.82, 2.24) is 0 Å². The zero-order valence-corrected chi connectivity index (χ0v) is 8.04. The number of rotatable bonds is 4. The van der Waals surface area contributed by atoms with Crippen LogP contribution in [0.4, 0.5) is 0 Å². The van der Waals surface area contributed by atoms with Crippen molar-refractivity contribution in [3.63, 3.8) is 0 Å². The average Bonchev–Trinajstić information content (AvgIpc) is 2.15. The van der Waals surface area contributed by atoms with Crippen molar-refractivity contribution in [2.24, 2.45) is 0 Å². The van der Waals surface area contributed by atoms with E-state index in [1.165, 1.54) is 0 Å². The summed E-state index contributed by atoms with van der Waals surface area (Å²) in [7, 11) is 1.66. The third-order valence-electron chi connectivity index (χ3n) is 2.11. The summed E-state index contributed by atoms with van der Waals surface area (Å²) in [5.74, 6) is 0. The largest absolute Gasteiger partial charge is 0.384 e. The highest BCUT2D eigenvalue weighted by Crippen LogP contribution is 2.12. The molecule has 0 amide bonds. The SMILES string of the molecule is COCCc1cccc(C)c1C=O. The first kappa shape index (κ1) is 9.93. The molecule has 0 saturated heterocycles. The number of aryl methyl sites for hydroxylation is 1. The molecule has 0 N–H and O–H groups in total. The number of methoxy groups -OCH3 is 1. The van der Waals surface area contributed by atoms with Crippen molar-refractivity contribution in [1.29, 1.82) is 0 Å². The van der Waals surface area contributed by atoms with E-state index in [2.05, 4.69) is 0 Å². The Morgan fingerprint density at radius 1 is 1.46 bits per heavy atom. The van der Waals surface area contributed by atoms with Crippen molar-refractivity contribution in [3.05, 3.63) is 34.9 Å². The molecule has 0 fully saturated rings. The molecule has 0 aliphatic rings. The molecule has 0 aromatic heterocycles. The lowest BCUT2D eigenvalue weighted by molar-refractivity contribution is 0.112. The molecule has 0 unspecified atom stereocenters. The number of benzene rings is 1. The van der Waals surface area contributed by atoms with E-state index in [0.717, 1.165) is 29.4 Å². The molecule has 0 radical (unpaired) electrons. The van der Waals surface area contributed by atoms with Crippen molar-refractivity contribution in [3.8, 4) is 0 Å². The molecule has 0 bridgehead atoms. The quantitative estimate of drug-likeness (QED) is 0.659. The molecule has 2 nitrogen and oxygen atoms in total. The zero-order chi connectivity index (χ0) is 9.68. The van der Waals surface area contributed by atoms with Crippen molar-refractivity contribution in [2.45, 2.75) is 13.3 Å². The molecule has 0 aliphatic carbocycles. The van der Waals surface area contributed by atoms with Crippen LogP contribution in [0.1, 0.15) is 21.5 Å². The molecular formula is C11H14O2. The van der Waals surface area contributed by atoms with Gasteiger partial charge in [-0.1, -0.05) is 18.2 Å². The Labute approximate surface area is 78.5 Å². The maximum Gasteiger partial charge on any atom is 0.150 e. The topological polar surface area (TPSA) is 26.3 Å². The number of hydrogen-bond donors (Lipinski definition) is 0. The van der Waals surface area contributed by atoms with E-state index in [9.17, 15) is 4.79 Å². The molecule has 0 spiro atoms. The fraction of sp³-hybridized carbons (Fsp3) is 0.364. The first-order valence-corrected chi connectivity index (χ1v) is 4.32. The molecular weight excluding hydrogens is 164 g/mol. The summed E-state index contributed by atoms with van der Waals surface area (Å²) in [6, 6.07) is 5.88. The first-order chi connectivity index (χ1) is 6.29. The van der Waals surface area contributed by atoms with Gasteiger partial charge in [0.1, 0.15) is 0 Å². The van der Waals surface area contributed by atoms with E-state index >= 15 is 0 Å². The first-order valence-electron chi connectivity index (χ1n) is 4.32. The smallest absolute Gasteiger partial charge is 0.150 e. The van der Waals surface area contributed by atoms with Gasteiger partial charge in [-0.2, -0.15) is 0 Å². The van der Waals surface area contributed by atoms with Gasteiger partial charge in [-0.05, 0) is 24.5 Å². The van der Waals surface area contributed by atoms with Crippen LogP contribution in [0.25, 0.3) is 0 Å². The van der Waals surface area contributed by atoms with Gasteiger partial charge >= 0.3 is 0 Å². The number of hydrogen-bond acceptors (Lipinski definition) is 2. The van der Waals surface area contributed by atoms with Crippen LogP contribution < -0.4 is 0 Å². The maximum absolute atomic E-state index is 10.8. The molecule has 1 rings (SSSR count). The Morgan fingerprint density at radius 2 is 2.23 bits per heavy atom. The van der Waals surface area contributed by atoms with Crippen molar-refractivity contribution >= 4 is 6.29 Å². The Kier molecular flexibility index (Phi) is 3.65. The second kappa shape index (κ2) is 4.77. The summed E-state index contributed by atoms with van der Waals surface area (Å²) in [6.07, 6.45) is 1.71. The van der Waals surface area contributed by atoms with Crippen LogP contribution in [0.15, 0.2) is 18.2 Å². The van der Waals surface area contributed by atoms with E-state index in [0.29, 0.717) is 6.61 Å². The van der Waals surface area contributed by atoms with Gasteiger partial charge in [0.05, 0.1) is 6.61 Å². The minimum Gasteiger partial charge on any atom is -0.384 e. The Bertz CT molecular complexity index is 292. The zero-order valence-electron chi connectivity index (χ0n) is 8.04.